The van der Waals surface area contributed by atoms with Crippen LogP contribution in [0.15, 0.2) is 61.2 Å². The van der Waals surface area contributed by atoms with Crippen LogP contribution in [0.2, 0.25) is 0 Å². The van der Waals surface area contributed by atoms with Crippen molar-refractivity contribution in [3.05, 3.63) is 61.2 Å². The maximum atomic E-state index is 3.78. The molecule has 0 amide bonds. The van der Waals surface area contributed by atoms with E-state index in [9.17, 15) is 0 Å². The third kappa shape index (κ3) is 22.0. The predicted molar refractivity (Wildman–Crippen MR) is 88.0 cm³/mol. The summed E-state index contributed by atoms with van der Waals surface area (Å²) in [6.07, 6.45) is 7.50. The van der Waals surface area contributed by atoms with Gasteiger partial charge < -0.3 is 0 Å². The molecule has 0 fully saturated rings. The van der Waals surface area contributed by atoms with Gasteiger partial charge in [0.05, 0.1) is 0 Å². The van der Waals surface area contributed by atoms with E-state index in [0.717, 1.165) is 0 Å². The molecular weight excluding hydrogens is 232 g/mol. The average Bonchev–Trinajstić information content (AvgIpc) is 2.47. The zero-order chi connectivity index (χ0) is 13.4. The zero-order valence-corrected chi connectivity index (χ0v) is 11.7. The molecular formula is C17H33N2+. The molecule has 0 radical (unpaired) electrons. The molecule has 0 spiro atoms. The highest BCUT2D eigenvalue weighted by atomic mass is 14.9. The Morgan fingerprint density at radius 1 is 0.632 bits per heavy atom. The summed E-state index contributed by atoms with van der Waals surface area (Å²) >= 11 is 0. The quantitative estimate of drug-likeness (QED) is 0.618. The highest BCUT2D eigenvalue weighted by Crippen LogP contribution is 1.73. The number of pyridine rings is 2. The van der Waals surface area contributed by atoms with Gasteiger partial charge in [0.25, 0.3) is 0 Å². The monoisotopic (exact) mass is 265 g/mol. The van der Waals surface area contributed by atoms with Gasteiger partial charge in [-0.05, 0) is 12.1 Å². The molecule has 0 unspecified atom stereocenters. The fourth-order valence-corrected chi connectivity index (χ4v) is 0.797. The summed E-state index contributed by atoms with van der Waals surface area (Å²) < 4.78 is 2.00. The SMILES string of the molecule is C.C.CC.CC.C[n+]1ccccc1.c1ccncc1. The number of hydrogen-bond acceptors (Lipinski definition) is 1. The summed E-state index contributed by atoms with van der Waals surface area (Å²) in [4.78, 5) is 3.78. The van der Waals surface area contributed by atoms with Gasteiger partial charge in [0.1, 0.15) is 7.05 Å². The lowest BCUT2D eigenvalue weighted by molar-refractivity contribution is -0.671. The van der Waals surface area contributed by atoms with Crippen LogP contribution in [0.5, 0.6) is 0 Å². The second-order valence-corrected chi connectivity index (χ2v) is 2.57. The van der Waals surface area contributed by atoms with Gasteiger partial charge in [0, 0.05) is 24.5 Å². The highest BCUT2D eigenvalue weighted by Gasteiger charge is 1.78. The van der Waals surface area contributed by atoms with Gasteiger partial charge in [-0.1, -0.05) is 54.7 Å². The molecule has 2 aromatic heterocycles. The molecule has 0 aliphatic carbocycles. The molecule has 2 rings (SSSR count). The molecule has 19 heavy (non-hydrogen) atoms. The maximum Gasteiger partial charge on any atom is 0.168 e. The lowest BCUT2D eigenvalue weighted by Crippen LogP contribution is -2.25. The summed E-state index contributed by atoms with van der Waals surface area (Å²) in [7, 11) is 2.00. The first-order valence-electron chi connectivity index (χ1n) is 6.15. The van der Waals surface area contributed by atoms with Crippen LogP contribution in [-0.2, 0) is 7.05 Å². The van der Waals surface area contributed by atoms with Crippen molar-refractivity contribution in [2.75, 3.05) is 0 Å². The first-order chi connectivity index (χ1) is 8.39. The third-order valence-corrected chi connectivity index (χ3v) is 1.43. The average molecular weight is 265 g/mol. The van der Waals surface area contributed by atoms with Gasteiger partial charge in [-0.3, -0.25) is 4.98 Å². The number of aryl methyl sites for hydroxylation is 1. The van der Waals surface area contributed by atoms with Gasteiger partial charge in [-0.25, -0.2) is 4.57 Å². The predicted octanol–water partition coefficient (Wildman–Crippen LogP) is 4.92. The summed E-state index contributed by atoms with van der Waals surface area (Å²) in [5.41, 5.74) is 0. The fourth-order valence-electron chi connectivity index (χ4n) is 0.797. The van der Waals surface area contributed by atoms with Crippen LogP contribution in [-0.4, -0.2) is 4.98 Å². The Bertz CT molecular complexity index is 280. The van der Waals surface area contributed by atoms with E-state index in [1.54, 1.807) is 12.4 Å². The molecule has 0 aliphatic heterocycles. The van der Waals surface area contributed by atoms with E-state index in [0.29, 0.717) is 0 Å². The topological polar surface area (TPSA) is 16.8 Å². The van der Waals surface area contributed by atoms with Crippen LogP contribution in [0.25, 0.3) is 0 Å². The third-order valence-electron chi connectivity index (χ3n) is 1.43. The largest absolute Gasteiger partial charge is 0.265 e. The Kier molecular flexibility index (Phi) is 34.5. The second-order valence-electron chi connectivity index (χ2n) is 2.57. The molecule has 0 bridgehead atoms. The van der Waals surface area contributed by atoms with Crippen LogP contribution in [0.3, 0.4) is 0 Å². The van der Waals surface area contributed by atoms with Crippen molar-refractivity contribution in [2.24, 2.45) is 7.05 Å². The standard InChI is InChI=1S/C6H8N.C5H5N.2C2H6.2CH4/c1-7-5-3-2-4-6-7;1-2-4-6-5-3-1;2*1-2;;/h2-6H,1H3;1-5H;2*1-2H3;2*1H4/q+1;;;;;. The van der Waals surface area contributed by atoms with Crippen molar-refractivity contribution >= 4 is 0 Å². The summed E-state index contributed by atoms with van der Waals surface area (Å²) in [6, 6.07) is 11.7. The van der Waals surface area contributed by atoms with Crippen LogP contribution in [0.4, 0.5) is 0 Å². The highest BCUT2D eigenvalue weighted by molar-refractivity contribution is 4.88. The molecule has 2 nitrogen and oxygen atoms in total. The number of nitrogens with zero attached hydrogens (tertiary/aromatic N) is 2. The van der Waals surface area contributed by atoms with E-state index in [4.69, 9.17) is 0 Å². The number of aromatic nitrogens is 2. The van der Waals surface area contributed by atoms with Crippen LogP contribution in [0.1, 0.15) is 42.5 Å². The molecule has 110 valence electrons. The van der Waals surface area contributed by atoms with Crippen LogP contribution >= 0.6 is 0 Å². The second kappa shape index (κ2) is 25.2. The Morgan fingerprint density at radius 2 is 1.00 bits per heavy atom. The molecule has 0 aromatic carbocycles. The maximum absolute atomic E-state index is 3.78. The van der Waals surface area contributed by atoms with Gasteiger partial charge in [0.2, 0.25) is 0 Å². The van der Waals surface area contributed by atoms with Crippen molar-refractivity contribution < 1.29 is 4.57 Å². The molecule has 0 atom stereocenters. The van der Waals surface area contributed by atoms with Crippen molar-refractivity contribution in [3.8, 4) is 0 Å². The van der Waals surface area contributed by atoms with Crippen molar-refractivity contribution in [1.82, 2.24) is 4.98 Å². The van der Waals surface area contributed by atoms with E-state index in [2.05, 4.69) is 4.98 Å². The first-order valence-corrected chi connectivity index (χ1v) is 6.15. The Balaban J connectivity index is -0.0000000872. The Hall–Kier alpha value is -1.70. The van der Waals surface area contributed by atoms with E-state index in [-0.39, 0.29) is 14.9 Å². The smallest absolute Gasteiger partial charge is 0.168 e. The van der Waals surface area contributed by atoms with Gasteiger partial charge in [-0.15, -0.1) is 0 Å². The minimum atomic E-state index is 0. The van der Waals surface area contributed by atoms with Gasteiger partial charge >= 0.3 is 0 Å². The molecule has 2 heteroatoms. The minimum absolute atomic E-state index is 0. The van der Waals surface area contributed by atoms with Crippen molar-refractivity contribution in [1.29, 1.82) is 0 Å². The van der Waals surface area contributed by atoms with Gasteiger partial charge in [-0.2, -0.15) is 0 Å². The van der Waals surface area contributed by atoms with Crippen LogP contribution < -0.4 is 4.57 Å². The van der Waals surface area contributed by atoms with E-state index < -0.39 is 0 Å². The molecule has 0 N–H and O–H groups in total. The lowest BCUT2D eigenvalue weighted by atomic mass is 10.5. The molecule has 0 saturated carbocycles. The van der Waals surface area contributed by atoms with Crippen molar-refractivity contribution in [3.63, 3.8) is 0 Å². The fraction of sp³-hybridized carbons (Fsp3) is 0.412. The first kappa shape index (κ1) is 26.0. The molecule has 0 aliphatic rings. The normalized spacial score (nSPS) is 6.37. The Labute approximate surface area is 121 Å². The number of hydrogen-bond donors (Lipinski definition) is 0. The summed E-state index contributed by atoms with van der Waals surface area (Å²) in [6.45, 7) is 8.00. The summed E-state index contributed by atoms with van der Waals surface area (Å²) in [5, 5.41) is 0. The molecule has 2 heterocycles. The minimum Gasteiger partial charge on any atom is -0.265 e. The van der Waals surface area contributed by atoms with E-state index in [1.807, 2.05) is 88.1 Å². The Morgan fingerprint density at radius 3 is 1.16 bits per heavy atom. The van der Waals surface area contributed by atoms with E-state index in [1.165, 1.54) is 0 Å². The lowest BCUT2D eigenvalue weighted by Gasteiger charge is -1.77. The van der Waals surface area contributed by atoms with Gasteiger partial charge in [0.15, 0.2) is 12.4 Å². The van der Waals surface area contributed by atoms with Crippen LogP contribution in [0, 0.1) is 0 Å². The molecule has 2 aromatic rings. The number of rotatable bonds is 0. The zero-order valence-electron chi connectivity index (χ0n) is 11.7. The van der Waals surface area contributed by atoms with E-state index >= 15 is 0 Å². The molecule has 0 saturated heterocycles. The van der Waals surface area contributed by atoms with Crippen molar-refractivity contribution in [2.45, 2.75) is 42.5 Å². The summed E-state index contributed by atoms with van der Waals surface area (Å²) in [5.74, 6) is 0.